The number of nitrogens with zero attached hydrogens (tertiary/aromatic N) is 2. The Morgan fingerprint density at radius 3 is 2.69 bits per heavy atom. The monoisotopic (exact) mass is 247 g/mol. The minimum atomic E-state index is -0.148. The predicted octanol–water partition coefficient (Wildman–Crippen LogP) is 1.15. The highest BCUT2D eigenvalue weighted by atomic mass is 35.5. The summed E-state index contributed by atoms with van der Waals surface area (Å²) in [5.41, 5.74) is 5.84. The van der Waals surface area contributed by atoms with Crippen LogP contribution < -0.4 is 5.73 Å². The van der Waals surface area contributed by atoms with E-state index >= 15 is 0 Å². The van der Waals surface area contributed by atoms with Gasteiger partial charge < -0.3 is 15.2 Å². The molecule has 0 unspecified atom stereocenters. The van der Waals surface area contributed by atoms with Crippen molar-refractivity contribution in [1.82, 2.24) is 10.1 Å². The second-order valence-electron chi connectivity index (χ2n) is 4.41. The van der Waals surface area contributed by atoms with Crippen LogP contribution in [0.5, 0.6) is 0 Å². The highest BCUT2D eigenvalue weighted by molar-refractivity contribution is 5.91. The summed E-state index contributed by atoms with van der Waals surface area (Å²) in [6.45, 7) is 5.15. The molecule has 0 aliphatic rings. The molecule has 2 N–H and O–H groups in total. The van der Waals surface area contributed by atoms with Crippen LogP contribution in [0.15, 0.2) is 16.9 Å². The summed E-state index contributed by atoms with van der Waals surface area (Å²) in [6, 6.07) is 1.55. The largest absolute Gasteiger partial charge is 0.364 e. The third-order valence-electron chi connectivity index (χ3n) is 2.22. The molecule has 0 spiro atoms. The number of hydrogen-bond donors (Lipinski definition) is 1. The minimum absolute atomic E-state index is 0. The van der Waals surface area contributed by atoms with Crippen LogP contribution in [0.3, 0.4) is 0 Å². The van der Waals surface area contributed by atoms with Crippen molar-refractivity contribution in [1.29, 1.82) is 0 Å². The van der Waals surface area contributed by atoms with E-state index in [1.165, 1.54) is 6.26 Å². The van der Waals surface area contributed by atoms with Gasteiger partial charge in [0.25, 0.3) is 5.91 Å². The highest BCUT2D eigenvalue weighted by Gasteiger charge is 2.22. The maximum atomic E-state index is 11.8. The molecule has 92 valence electrons. The molecule has 0 aromatic carbocycles. The van der Waals surface area contributed by atoms with E-state index in [-0.39, 0.29) is 23.7 Å². The lowest BCUT2D eigenvalue weighted by Gasteiger charge is -2.28. The molecule has 5 nitrogen and oxygen atoms in total. The van der Waals surface area contributed by atoms with Crippen LogP contribution in [0.25, 0.3) is 0 Å². The van der Waals surface area contributed by atoms with Crippen molar-refractivity contribution in [3.63, 3.8) is 0 Å². The Bertz CT molecular complexity index is 325. The number of nitrogens with two attached hydrogens (primary N) is 1. The molecule has 0 aliphatic heterocycles. The highest BCUT2D eigenvalue weighted by Crippen LogP contribution is 2.15. The summed E-state index contributed by atoms with van der Waals surface area (Å²) in [4.78, 5) is 13.4. The average molecular weight is 248 g/mol. The fourth-order valence-electron chi connectivity index (χ4n) is 1.30. The van der Waals surface area contributed by atoms with Crippen LogP contribution >= 0.6 is 12.4 Å². The van der Waals surface area contributed by atoms with Crippen molar-refractivity contribution in [2.24, 2.45) is 11.1 Å². The number of amides is 1. The Balaban J connectivity index is 0.00000225. The van der Waals surface area contributed by atoms with Crippen molar-refractivity contribution >= 4 is 18.3 Å². The zero-order valence-corrected chi connectivity index (χ0v) is 10.6. The lowest BCUT2D eigenvalue weighted by atomic mass is 9.93. The Hall–Kier alpha value is -1.07. The number of rotatable bonds is 4. The summed E-state index contributed by atoms with van der Waals surface area (Å²) in [5.74, 6) is -0.148. The molecule has 1 heterocycles. The van der Waals surface area contributed by atoms with Gasteiger partial charge in [0.1, 0.15) is 6.26 Å². The second-order valence-corrected chi connectivity index (χ2v) is 4.41. The molecule has 0 fully saturated rings. The smallest absolute Gasteiger partial charge is 0.275 e. The molecule has 0 saturated carbocycles. The molecule has 1 aromatic heterocycles. The molecular formula is C10H18ClN3O2. The first-order valence-electron chi connectivity index (χ1n) is 4.82. The summed E-state index contributed by atoms with van der Waals surface area (Å²) >= 11 is 0. The molecule has 16 heavy (non-hydrogen) atoms. The van der Waals surface area contributed by atoms with E-state index in [9.17, 15) is 4.79 Å². The first-order chi connectivity index (χ1) is 6.96. The first-order valence-corrected chi connectivity index (χ1v) is 4.82. The van der Waals surface area contributed by atoms with E-state index in [2.05, 4.69) is 9.68 Å². The van der Waals surface area contributed by atoms with Crippen molar-refractivity contribution in [2.75, 3.05) is 20.1 Å². The number of hydrogen-bond acceptors (Lipinski definition) is 4. The topological polar surface area (TPSA) is 72.4 Å². The number of aromatic nitrogens is 1. The number of carbonyl (C=O) groups excluding carboxylic acids is 1. The van der Waals surface area contributed by atoms with Gasteiger partial charge in [-0.1, -0.05) is 19.0 Å². The lowest BCUT2D eigenvalue weighted by molar-refractivity contribution is 0.0730. The standard InChI is InChI=1S/C10H17N3O2.ClH/c1-10(2,6-11)7-13(3)9(14)8-4-5-15-12-8;/h4-5H,6-7,11H2,1-3H3;1H. The van der Waals surface area contributed by atoms with Gasteiger partial charge in [-0.15, -0.1) is 12.4 Å². The molecule has 1 aromatic rings. The molecular weight excluding hydrogens is 230 g/mol. The predicted molar refractivity (Wildman–Crippen MR) is 63.5 cm³/mol. The molecule has 6 heteroatoms. The average Bonchev–Trinajstić information content (AvgIpc) is 2.68. The van der Waals surface area contributed by atoms with E-state index in [1.54, 1.807) is 18.0 Å². The van der Waals surface area contributed by atoms with Crippen molar-refractivity contribution in [3.05, 3.63) is 18.0 Å². The third kappa shape index (κ3) is 3.83. The van der Waals surface area contributed by atoms with Gasteiger partial charge in [0, 0.05) is 19.7 Å². The van der Waals surface area contributed by atoms with Crippen LogP contribution in [-0.2, 0) is 0 Å². The van der Waals surface area contributed by atoms with Gasteiger partial charge in [-0.2, -0.15) is 0 Å². The molecule has 1 amide bonds. The molecule has 0 saturated heterocycles. The van der Waals surface area contributed by atoms with Gasteiger partial charge in [-0.3, -0.25) is 4.79 Å². The van der Waals surface area contributed by atoms with Gasteiger partial charge >= 0.3 is 0 Å². The number of halogens is 1. The molecule has 0 radical (unpaired) electrons. The second kappa shape index (κ2) is 5.86. The van der Waals surface area contributed by atoms with Crippen LogP contribution in [0.2, 0.25) is 0 Å². The molecule has 0 aliphatic carbocycles. The SMILES string of the molecule is CN(CC(C)(C)CN)C(=O)c1ccon1.Cl. The quantitative estimate of drug-likeness (QED) is 0.867. The Labute approximate surface area is 101 Å². The normalized spacial score (nSPS) is 10.8. The molecule has 0 bridgehead atoms. The lowest BCUT2D eigenvalue weighted by Crippen LogP contribution is -2.39. The first kappa shape index (κ1) is 14.9. The minimum Gasteiger partial charge on any atom is -0.364 e. The fourth-order valence-corrected chi connectivity index (χ4v) is 1.30. The van der Waals surface area contributed by atoms with Gasteiger partial charge in [-0.25, -0.2) is 0 Å². The summed E-state index contributed by atoms with van der Waals surface area (Å²) in [7, 11) is 1.73. The summed E-state index contributed by atoms with van der Waals surface area (Å²) in [6.07, 6.45) is 1.38. The maximum absolute atomic E-state index is 11.8. The van der Waals surface area contributed by atoms with Crippen LogP contribution in [0.4, 0.5) is 0 Å². The Kier molecular flexibility index (Phi) is 5.47. The summed E-state index contributed by atoms with van der Waals surface area (Å²) in [5, 5.41) is 3.60. The van der Waals surface area contributed by atoms with E-state index < -0.39 is 0 Å². The zero-order chi connectivity index (χ0) is 11.5. The maximum Gasteiger partial charge on any atom is 0.275 e. The van der Waals surface area contributed by atoms with E-state index in [0.29, 0.717) is 18.8 Å². The Morgan fingerprint density at radius 2 is 2.25 bits per heavy atom. The van der Waals surface area contributed by atoms with E-state index in [0.717, 1.165) is 0 Å². The van der Waals surface area contributed by atoms with Gasteiger partial charge in [0.15, 0.2) is 5.69 Å². The van der Waals surface area contributed by atoms with Crippen molar-refractivity contribution < 1.29 is 9.32 Å². The van der Waals surface area contributed by atoms with E-state index in [4.69, 9.17) is 5.73 Å². The van der Waals surface area contributed by atoms with Crippen molar-refractivity contribution in [3.8, 4) is 0 Å². The summed E-state index contributed by atoms with van der Waals surface area (Å²) < 4.78 is 4.62. The van der Waals surface area contributed by atoms with Gasteiger partial charge in [0.05, 0.1) is 0 Å². The molecule has 1 rings (SSSR count). The van der Waals surface area contributed by atoms with Crippen LogP contribution in [0, 0.1) is 5.41 Å². The van der Waals surface area contributed by atoms with Crippen LogP contribution in [-0.4, -0.2) is 36.1 Å². The van der Waals surface area contributed by atoms with Crippen LogP contribution in [0.1, 0.15) is 24.3 Å². The zero-order valence-electron chi connectivity index (χ0n) is 9.77. The van der Waals surface area contributed by atoms with Gasteiger partial charge in [0.2, 0.25) is 0 Å². The van der Waals surface area contributed by atoms with E-state index in [1.807, 2.05) is 13.8 Å². The van der Waals surface area contributed by atoms with Crippen molar-refractivity contribution in [2.45, 2.75) is 13.8 Å². The Morgan fingerprint density at radius 1 is 1.62 bits per heavy atom. The third-order valence-corrected chi connectivity index (χ3v) is 2.22. The molecule has 0 atom stereocenters. The fraction of sp³-hybridized carbons (Fsp3) is 0.600. The number of carbonyl (C=O) groups is 1. The van der Waals surface area contributed by atoms with Gasteiger partial charge in [-0.05, 0) is 12.0 Å².